The first-order chi connectivity index (χ1) is 15.2. The number of nitrogens with zero attached hydrogens (tertiary/aromatic N) is 3. The molecule has 1 aromatic heterocycles. The van der Waals surface area contributed by atoms with Gasteiger partial charge in [0.15, 0.2) is 0 Å². The van der Waals surface area contributed by atoms with Crippen molar-refractivity contribution in [3.8, 4) is 5.69 Å². The number of carbonyl (C=O) groups excluding carboxylic acids is 3. The lowest BCUT2D eigenvalue weighted by Crippen LogP contribution is -2.54. The molecule has 0 saturated carbocycles. The van der Waals surface area contributed by atoms with E-state index in [-0.39, 0.29) is 11.3 Å². The summed E-state index contributed by atoms with van der Waals surface area (Å²) in [4.78, 5) is 49.2. The zero-order valence-electron chi connectivity index (χ0n) is 17.2. The van der Waals surface area contributed by atoms with Crippen LogP contribution in [-0.4, -0.2) is 27.3 Å². The second kappa shape index (κ2) is 7.95. The fourth-order valence-corrected chi connectivity index (χ4v) is 3.35. The number of nitrogens with one attached hydrogen (secondary N) is 1. The Labute approximate surface area is 182 Å². The molecular weight excluding hydrogens is 412 g/mol. The van der Waals surface area contributed by atoms with Crippen molar-refractivity contribution in [3.05, 3.63) is 93.3 Å². The van der Waals surface area contributed by atoms with E-state index in [1.807, 2.05) is 13.8 Å². The first-order valence-corrected chi connectivity index (χ1v) is 9.66. The standard InChI is InChI=1S/C23H18N4O5/c1-14-6-7-18(10-15(14)2)26-22(29)20(21(28)24-23(26)30)11-16-8-9-25(13-16)17-4-3-5-19(12-17)27(31)32/h3-13H,1-2H3,(H,24,28,30)/b20-11-. The Balaban J connectivity index is 1.67. The lowest BCUT2D eigenvalue weighted by atomic mass is 10.1. The fourth-order valence-electron chi connectivity index (χ4n) is 3.35. The van der Waals surface area contributed by atoms with Crippen LogP contribution in [0.25, 0.3) is 11.8 Å². The average Bonchev–Trinajstić information content (AvgIpc) is 3.22. The van der Waals surface area contributed by atoms with Crippen molar-refractivity contribution in [2.24, 2.45) is 0 Å². The minimum Gasteiger partial charge on any atom is -0.323 e. The Kier molecular flexibility index (Phi) is 5.15. The predicted octanol–water partition coefficient (Wildman–Crippen LogP) is 3.67. The highest BCUT2D eigenvalue weighted by molar-refractivity contribution is 6.39. The van der Waals surface area contributed by atoms with Gasteiger partial charge in [-0.3, -0.25) is 25.0 Å². The summed E-state index contributed by atoms with van der Waals surface area (Å²) in [6.45, 7) is 3.78. The van der Waals surface area contributed by atoms with Crippen molar-refractivity contribution < 1.29 is 19.3 Å². The third-order valence-corrected chi connectivity index (χ3v) is 5.22. The molecule has 3 aromatic rings. The smallest absolute Gasteiger partial charge is 0.323 e. The number of rotatable bonds is 4. The van der Waals surface area contributed by atoms with E-state index >= 15 is 0 Å². The number of anilines is 1. The van der Waals surface area contributed by atoms with E-state index in [2.05, 4.69) is 5.32 Å². The van der Waals surface area contributed by atoms with Gasteiger partial charge in [0.25, 0.3) is 17.5 Å². The molecule has 2 heterocycles. The van der Waals surface area contributed by atoms with Crippen LogP contribution in [0, 0.1) is 24.0 Å². The summed E-state index contributed by atoms with van der Waals surface area (Å²) in [5, 5.41) is 13.2. The zero-order valence-corrected chi connectivity index (χ0v) is 17.2. The van der Waals surface area contributed by atoms with Crippen LogP contribution in [-0.2, 0) is 9.59 Å². The number of hydrogen-bond acceptors (Lipinski definition) is 5. The summed E-state index contributed by atoms with van der Waals surface area (Å²) < 4.78 is 1.64. The molecule has 4 rings (SSSR count). The first-order valence-electron chi connectivity index (χ1n) is 9.66. The van der Waals surface area contributed by atoms with Gasteiger partial charge in [0.2, 0.25) is 0 Å². The summed E-state index contributed by atoms with van der Waals surface area (Å²) >= 11 is 0. The molecule has 1 saturated heterocycles. The number of aryl methyl sites for hydroxylation is 2. The highest BCUT2D eigenvalue weighted by Crippen LogP contribution is 2.25. The monoisotopic (exact) mass is 430 g/mol. The molecule has 9 heteroatoms. The molecule has 160 valence electrons. The van der Waals surface area contributed by atoms with Crippen LogP contribution in [0.4, 0.5) is 16.2 Å². The van der Waals surface area contributed by atoms with E-state index in [0.29, 0.717) is 16.9 Å². The molecule has 9 nitrogen and oxygen atoms in total. The van der Waals surface area contributed by atoms with Crippen molar-refractivity contribution in [1.29, 1.82) is 0 Å². The normalized spacial score (nSPS) is 15.2. The summed E-state index contributed by atoms with van der Waals surface area (Å²) in [5.74, 6) is -1.52. The maximum Gasteiger partial charge on any atom is 0.335 e. The van der Waals surface area contributed by atoms with Crippen molar-refractivity contribution in [3.63, 3.8) is 0 Å². The quantitative estimate of drug-likeness (QED) is 0.294. The number of nitro benzene ring substituents is 1. The van der Waals surface area contributed by atoms with Gasteiger partial charge in [-0.2, -0.15) is 0 Å². The number of urea groups is 1. The van der Waals surface area contributed by atoms with Crippen LogP contribution < -0.4 is 10.2 Å². The number of nitro groups is 1. The van der Waals surface area contributed by atoms with Crippen LogP contribution in [0.3, 0.4) is 0 Å². The van der Waals surface area contributed by atoms with Crippen LogP contribution in [0.15, 0.2) is 66.5 Å². The van der Waals surface area contributed by atoms with E-state index in [0.717, 1.165) is 16.0 Å². The molecule has 4 amide bonds. The Morgan fingerprint density at radius 2 is 1.75 bits per heavy atom. The molecule has 1 N–H and O–H groups in total. The van der Waals surface area contributed by atoms with Crippen molar-refractivity contribution in [1.82, 2.24) is 9.88 Å². The van der Waals surface area contributed by atoms with Gasteiger partial charge in [-0.25, -0.2) is 9.69 Å². The van der Waals surface area contributed by atoms with Gasteiger partial charge >= 0.3 is 6.03 Å². The number of non-ortho nitro benzene ring substituents is 1. The number of carbonyl (C=O) groups is 3. The number of aromatic nitrogens is 1. The molecule has 0 atom stereocenters. The summed E-state index contributed by atoms with van der Waals surface area (Å²) in [7, 11) is 0. The zero-order chi connectivity index (χ0) is 23.0. The molecule has 1 aliphatic heterocycles. The van der Waals surface area contributed by atoms with Crippen molar-refractivity contribution in [2.45, 2.75) is 13.8 Å². The highest BCUT2D eigenvalue weighted by Gasteiger charge is 2.36. The Bertz CT molecular complexity index is 1320. The summed E-state index contributed by atoms with van der Waals surface area (Å²) in [5.41, 5.74) is 3.09. The minimum atomic E-state index is -0.811. The Morgan fingerprint density at radius 3 is 2.47 bits per heavy atom. The van der Waals surface area contributed by atoms with E-state index in [9.17, 15) is 24.5 Å². The van der Waals surface area contributed by atoms with Crippen LogP contribution in [0.5, 0.6) is 0 Å². The molecule has 32 heavy (non-hydrogen) atoms. The van der Waals surface area contributed by atoms with Crippen LogP contribution >= 0.6 is 0 Å². The Morgan fingerprint density at radius 1 is 0.969 bits per heavy atom. The van der Waals surface area contributed by atoms with Gasteiger partial charge in [0.1, 0.15) is 5.57 Å². The predicted molar refractivity (Wildman–Crippen MR) is 117 cm³/mol. The van der Waals surface area contributed by atoms with Crippen molar-refractivity contribution >= 4 is 35.3 Å². The van der Waals surface area contributed by atoms with Crippen LogP contribution in [0.1, 0.15) is 16.7 Å². The summed E-state index contributed by atoms with van der Waals surface area (Å²) in [6.07, 6.45) is 4.67. The van der Waals surface area contributed by atoms with E-state index in [1.54, 1.807) is 53.4 Å². The third-order valence-electron chi connectivity index (χ3n) is 5.22. The topological polar surface area (TPSA) is 115 Å². The second-order valence-electron chi connectivity index (χ2n) is 7.36. The lowest BCUT2D eigenvalue weighted by molar-refractivity contribution is -0.384. The molecule has 1 fully saturated rings. The highest BCUT2D eigenvalue weighted by atomic mass is 16.6. The van der Waals surface area contributed by atoms with Gasteiger partial charge < -0.3 is 4.57 Å². The average molecular weight is 430 g/mol. The molecule has 0 radical (unpaired) electrons. The summed E-state index contributed by atoms with van der Waals surface area (Å²) in [6, 6.07) is 12.1. The van der Waals surface area contributed by atoms with Gasteiger partial charge in [-0.15, -0.1) is 0 Å². The fraction of sp³-hybridized carbons (Fsp3) is 0.0870. The third kappa shape index (κ3) is 3.79. The van der Waals surface area contributed by atoms with Crippen LogP contribution in [0.2, 0.25) is 0 Å². The number of benzene rings is 2. The largest absolute Gasteiger partial charge is 0.335 e. The lowest BCUT2D eigenvalue weighted by Gasteiger charge is -2.26. The van der Waals surface area contributed by atoms with E-state index < -0.39 is 22.8 Å². The maximum absolute atomic E-state index is 13.0. The molecule has 0 aliphatic carbocycles. The van der Waals surface area contributed by atoms with Gasteiger partial charge in [0.05, 0.1) is 16.3 Å². The molecule has 2 aromatic carbocycles. The van der Waals surface area contributed by atoms with E-state index in [1.165, 1.54) is 18.2 Å². The molecule has 0 spiro atoms. The molecule has 1 aliphatic rings. The minimum absolute atomic E-state index is 0.0551. The SMILES string of the molecule is Cc1ccc(N2C(=O)NC(=O)/C(=C/c3ccn(-c4cccc([N+](=O)[O-])c4)c3)C2=O)cc1C. The van der Waals surface area contributed by atoms with Crippen molar-refractivity contribution in [2.75, 3.05) is 4.90 Å². The molecular formula is C23H18N4O5. The number of barbiturate groups is 1. The van der Waals surface area contributed by atoms with Gasteiger partial charge in [-0.1, -0.05) is 12.1 Å². The van der Waals surface area contributed by atoms with E-state index in [4.69, 9.17) is 0 Å². The van der Waals surface area contributed by atoms with Gasteiger partial charge in [0, 0.05) is 24.5 Å². The molecule has 0 bridgehead atoms. The number of amides is 4. The second-order valence-corrected chi connectivity index (χ2v) is 7.36. The maximum atomic E-state index is 13.0. The first kappa shape index (κ1) is 20.7. The van der Waals surface area contributed by atoms with Gasteiger partial charge in [-0.05, 0) is 60.9 Å². The number of hydrogen-bond donors (Lipinski definition) is 1. The number of imide groups is 2. The molecule has 0 unspecified atom stereocenters. The Hall–Kier alpha value is -4.53.